The summed E-state index contributed by atoms with van der Waals surface area (Å²) in [5, 5.41) is 9.16. The number of hydrogen-bond donors (Lipinski definition) is 1. The van der Waals surface area contributed by atoms with Gasteiger partial charge in [-0.25, -0.2) is 4.79 Å². The van der Waals surface area contributed by atoms with Gasteiger partial charge in [0.1, 0.15) is 5.75 Å². The van der Waals surface area contributed by atoms with Crippen molar-refractivity contribution in [3.63, 3.8) is 0 Å². The van der Waals surface area contributed by atoms with Gasteiger partial charge in [0, 0.05) is 17.9 Å². The van der Waals surface area contributed by atoms with Gasteiger partial charge in [-0.3, -0.25) is 0 Å². The topological polar surface area (TPSA) is 55.8 Å². The molecule has 1 aliphatic heterocycles. The van der Waals surface area contributed by atoms with Gasteiger partial charge in [-0.15, -0.1) is 0 Å². The first-order chi connectivity index (χ1) is 11.1. The van der Waals surface area contributed by atoms with Crippen molar-refractivity contribution in [2.75, 3.05) is 19.8 Å². The second kappa shape index (κ2) is 6.84. The van der Waals surface area contributed by atoms with E-state index in [-0.39, 0.29) is 5.56 Å². The lowest BCUT2D eigenvalue weighted by atomic mass is 9.95. The van der Waals surface area contributed by atoms with Gasteiger partial charge in [0.25, 0.3) is 0 Å². The molecule has 1 aliphatic rings. The van der Waals surface area contributed by atoms with Crippen molar-refractivity contribution >= 4 is 5.97 Å². The molecule has 23 heavy (non-hydrogen) atoms. The van der Waals surface area contributed by atoms with Crippen molar-refractivity contribution in [1.82, 2.24) is 0 Å². The van der Waals surface area contributed by atoms with Crippen LogP contribution in [-0.2, 0) is 11.2 Å². The predicted molar refractivity (Wildman–Crippen MR) is 87.3 cm³/mol. The van der Waals surface area contributed by atoms with Gasteiger partial charge < -0.3 is 14.6 Å². The molecule has 0 amide bonds. The molecule has 0 radical (unpaired) electrons. The fourth-order valence-electron chi connectivity index (χ4n) is 2.69. The second-order valence-electron chi connectivity index (χ2n) is 5.88. The maximum atomic E-state index is 11.2. The first kappa shape index (κ1) is 15.6. The molecule has 1 heterocycles. The third-order valence-corrected chi connectivity index (χ3v) is 4.07. The van der Waals surface area contributed by atoms with Crippen LogP contribution in [0.4, 0.5) is 0 Å². The van der Waals surface area contributed by atoms with E-state index in [1.165, 1.54) is 11.1 Å². The number of aryl methyl sites for hydroxylation is 1. The fraction of sp³-hybridized carbons (Fsp3) is 0.316. The summed E-state index contributed by atoms with van der Waals surface area (Å²) >= 11 is 0. The Bertz CT molecular complexity index is 704. The lowest BCUT2D eigenvalue weighted by molar-refractivity contribution is 0.00731. The normalized spacial score (nSPS) is 14.3. The third-order valence-electron chi connectivity index (χ3n) is 4.07. The highest BCUT2D eigenvalue weighted by atomic mass is 16.5. The smallest absolute Gasteiger partial charge is 0.335 e. The average molecular weight is 312 g/mol. The highest BCUT2D eigenvalue weighted by molar-refractivity contribution is 5.88. The van der Waals surface area contributed by atoms with E-state index in [0.29, 0.717) is 31.5 Å². The first-order valence-corrected chi connectivity index (χ1v) is 7.77. The van der Waals surface area contributed by atoms with Gasteiger partial charge in [-0.2, -0.15) is 0 Å². The Hall–Kier alpha value is -2.33. The maximum absolute atomic E-state index is 11.2. The molecule has 3 rings (SSSR count). The minimum absolute atomic E-state index is 0.250. The van der Waals surface area contributed by atoms with Crippen molar-refractivity contribution in [3.05, 3.63) is 64.7 Å². The molecule has 120 valence electrons. The van der Waals surface area contributed by atoms with Crippen molar-refractivity contribution < 1.29 is 19.4 Å². The Kier molecular flexibility index (Phi) is 4.63. The van der Waals surface area contributed by atoms with Crippen LogP contribution in [-0.4, -0.2) is 30.9 Å². The third kappa shape index (κ3) is 3.71. The number of benzene rings is 2. The van der Waals surface area contributed by atoms with Crippen LogP contribution in [0.25, 0.3) is 0 Å². The number of carbonyl (C=O) groups is 1. The summed E-state index contributed by atoms with van der Waals surface area (Å²) in [6, 6.07) is 13.4. The van der Waals surface area contributed by atoms with Crippen LogP contribution in [0.2, 0.25) is 0 Å². The molecule has 0 aromatic heterocycles. The fourth-order valence-corrected chi connectivity index (χ4v) is 2.69. The van der Waals surface area contributed by atoms with Crippen molar-refractivity contribution in [3.8, 4) is 5.75 Å². The zero-order chi connectivity index (χ0) is 16.2. The Morgan fingerprint density at radius 3 is 2.74 bits per heavy atom. The molecule has 2 aromatic rings. The number of carboxylic acid groups (broad SMARTS) is 1. The minimum Gasteiger partial charge on any atom is -0.493 e. The Balaban J connectivity index is 1.72. The largest absolute Gasteiger partial charge is 0.493 e. The molecule has 0 aliphatic carbocycles. The van der Waals surface area contributed by atoms with E-state index in [0.717, 1.165) is 12.0 Å². The highest BCUT2D eigenvalue weighted by Crippen LogP contribution is 2.32. The van der Waals surface area contributed by atoms with E-state index < -0.39 is 5.97 Å². The number of hydrogen-bond acceptors (Lipinski definition) is 3. The molecule has 1 N–H and O–H groups in total. The summed E-state index contributed by atoms with van der Waals surface area (Å²) in [5.41, 5.74) is 3.72. The second-order valence-corrected chi connectivity index (χ2v) is 5.88. The SMILES string of the molecule is Cc1cccc(CCOc2cc(C(=O)O)ccc2C2COC2)c1. The molecule has 0 spiro atoms. The molecule has 0 bridgehead atoms. The van der Waals surface area contributed by atoms with E-state index in [9.17, 15) is 4.79 Å². The number of carboxylic acids is 1. The number of rotatable bonds is 6. The van der Waals surface area contributed by atoms with Crippen molar-refractivity contribution in [2.24, 2.45) is 0 Å². The molecule has 4 nitrogen and oxygen atoms in total. The van der Waals surface area contributed by atoms with E-state index in [2.05, 4.69) is 25.1 Å². The van der Waals surface area contributed by atoms with Crippen LogP contribution in [0.1, 0.15) is 33.0 Å². The summed E-state index contributed by atoms with van der Waals surface area (Å²) in [4.78, 5) is 11.2. The van der Waals surface area contributed by atoms with Gasteiger partial charge in [-0.05, 0) is 24.6 Å². The minimum atomic E-state index is -0.940. The molecule has 0 unspecified atom stereocenters. The lowest BCUT2D eigenvalue weighted by Gasteiger charge is -2.28. The molecular weight excluding hydrogens is 292 g/mol. The zero-order valence-electron chi connectivity index (χ0n) is 13.1. The summed E-state index contributed by atoms with van der Waals surface area (Å²) in [7, 11) is 0. The molecule has 0 atom stereocenters. The molecule has 2 aromatic carbocycles. The van der Waals surface area contributed by atoms with Crippen LogP contribution in [0.5, 0.6) is 5.75 Å². The Labute approximate surface area is 135 Å². The van der Waals surface area contributed by atoms with Gasteiger partial charge >= 0.3 is 5.97 Å². The van der Waals surface area contributed by atoms with Crippen LogP contribution in [0, 0.1) is 6.92 Å². The van der Waals surface area contributed by atoms with Gasteiger partial charge in [-0.1, -0.05) is 35.9 Å². The molecule has 4 heteroatoms. The van der Waals surface area contributed by atoms with E-state index in [1.807, 2.05) is 12.1 Å². The van der Waals surface area contributed by atoms with Crippen molar-refractivity contribution in [2.45, 2.75) is 19.3 Å². The first-order valence-electron chi connectivity index (χ1n) is 7.77. The summed E-state index contributed by atoms with van der Waals surface area (Å²) in [6.45, 7) is 3.92. The molecule has 1 fully saturated rings. The van der Waals surface area contributed by atoms with Crippen LogP contribution in [0.15, 0.2) is 42.5 Å². The molecule has 0 saturated carbocycles. The van der Waals surface area contributed by atoms with Gasteiger partial charge in [0.2, 0.25) is 0 Å². The predicted octanol–water partition coefficient (Wildman–Crippen LogP) is 3.43. The van der Waals surface area contributed by atoms with Crippen LogP contribution < -0.4 is 4.74 Å². The Morgan fingerprint density at radius 1 is 1.26 bits per heavy atom. The molecule has 1 saturated heterocycles. The number of aromatic carboxylic acids is 1. The van der Waals surface area contributed by atoms with Crippen LogP contribution in [0.3, 0.4) is 0 Å². The van der Waals surface area contributed by atoms with Gasteiger partial charge in [0.05, 0.1) is 25.4 Å². The summed E-state index contributed by atoms with van der Waals surface area (Å²) in [5.74, 6) is 0.0163. The zero-order valence-corrected chi connectivity index (χ0v) is 13.1. The van der Waals surface area contributed by atoms with E-state index >= 15 is 0 Å². The average Bonchev–Trinajstić information content (AvgIpc) is 2.47. The summed E-state index contributed by atoms with van der Waals surface area (Å²) < 4.78 is 11.1. The number of ether oxygens (including phenoxy) is 2. The lowest BCUT2D eigenvalue weighted by Crippen LogP contribution is -2.26. The Morgan fingerprint density at radius 2 is 2.09 bits per heavy atom. The monoisotopic (exact) mass is 312 g/mol. The van der Waals surface area contributed by atoms with Crippen molar-refractivity contribution in [1.29, 1.82) is 0 Å². The van der Waals surface area contributed by atoms with Gasteiger partial charge in [0.15, 0.2) is 0 Å². The van der Waals surface area contributed by atoms with Crippen LogP contribution >= 0.6 is 0 Å². The van der Waals surface area contributed by atoms with E-state index in [1.54, 1.807) is 12.1 Å². The van der Waals surface area contributed by atoms with E-state index in [4.69, 9.17) is 14.6 Å². The maximum Gasteiger partial charge on any atom is 0.335 e. The summed E-state index contributed by atoms with van der Waals surface area (Å²) in [6.07, 6.45) is 0.791. The quantitative estimate of drug-likeness (QED) is 0.888. The standard InChI is InChI=1S/C19H20O4/c1-13-3-2-4-14(9-13)7-8-23-18-10-15(19(20)21)5-6-17(18)16-11-22-12-16/h2-6,9-10,16H,7-8,11-12H2,1H3,(H,20,21). The molecular formula is C19H20O4. The highest BCUT2D eigenvalue weighted by Gasteiger charge is 2.24.